The number of aryl methyl sites for hydroxylation is 3. The van der Waals surface area contributed by atoms with Gasteiger partial charge in [0.1, 0.15) is 0 Å². The van der Waals surface area contributed by atoms with Crippen molar-refractivity contribution >= 4 is 34.2 Å². The third-order valence-electron chi connectivity index (χ3n) is 6.16. The summed E-state index contributed by atoms with van der Waals surface area (Å²) in [5.41, 5.74) is 4.14. The van der Waals surface area contributed by atoms with E-state index in [2.05, 4.69) is 30.1 Å². The Bertz CT molecular complexity index is 1390. The van der Waals surface area contributed by atoms with Crippen LogP contribution in [0.5, 0.6) is 0 Å². The average molecular weight is 447 g/mol. The number of carbonyl (C=O) groups excluding carboxylic acids is 1. The number of aromatic nitrogens is 4. The van der Waals surface area contributed by atoms with Gasteiger partial charge in [0.05, 0.1) is 16.7 Å². The Morgan fingerprint density at radius 3 is 2.75 bits per heavy atom. The standard InChI is InChI=1S/C25H26N4O2S/c1-16(2)12-13-28-23(31)20-8-3-4-9-21(20)29-24(28)26-27-25(29)32-15-22(30)19-11-10-17-6-5-7-18(17)14-19/h3-4,8-11,14,16H,5-7,12-13,15H2,1-2H3. The number of hydrogen-bond acceptors (Lipinski definition) is 5. The van der Waals surface area contributed by atoms with Gasteiger partial charge in [-0.25, -0.2) is 0 Å². The summed E-state index contributed by atoms with van der Waals surface area (Å²) < 4.78 is 3.62. The number of para-hydroxylation sites is 1. The zero-order chi connectivity index (χ0) is 22.2. The number of Topliss-reactive ketones (excluding diaryl/α,β-unsaturated/α-hetero) is 1. The largest absolute Gasteiger partial charge is 0.293 e. The lowest BCUT2D eigenvalue weighted by Gasteiger charge is -2.12. The van der Waals surface area contributed by atoms with Gasteiger partial charge in [-0.2, -0.15) is 0 Å². The summed E-state index contributed by atoms with van der Waals surface area (Å²) in [6.45, 7) is 4.86. The molecule has 7 heteroatoms. The predicted octanol–water partition coefficient (Wildman–Crippen LogP) is 4.55. The summed E-state index contributed by atoms with van der Waals surface area (Å²) in [6.07, 6.45) is 4.20. The molecule has 0 unspecified atom stereocenters. The Kier molecular flexibility index (Phi) is 5.59. The van der Waals surface area contributed by atoms with Crippen molar-refractivity contribution in [2.75, 3.05) is 5.75 Å². The summed E-state index contributed by atoms with van der Waals surface area (Å²) in [5, 5.41) is 9.97. The molecule has 2 aromatic carbocycles. The number of fused-ring (bicyclic) bond motifs is 4. The molecule has 0 saturated heterocycles. The fourth-order valence-corrected chi connectivity index (χ4v) is 5.21. The van der Waals surface area contributed by atoms with Gasteiger partial charge in [-0.1, -0.05) is 49.9 Å². The molecule has 32 heavy (non-hydrogen) atoms. The first-order valence-electron chi connectivity index (χ1n) is 11.2. The van der Waals surface area contributed by atoms with E-state index in [0.29, 0.717) is 28.8 Å². The van der Waals surface area contributed by atoms with Gasteiger partial charge in [0.25, 0.3) is 5.56 Å². The van der Waals surface area contributed by atoms with Gasteiger partial charge in [0, 0.05) is 12.1 Å². The third kappa shape index (κ3) is 3.75. The van der Waals surface area contributed by atoms with E-state index in [1.165, 1.54) is 29.3 Å². The van der Waals surface area contributed by atoms with Gasteiger partial charge < -0.3 is 0 Å². The second kappa shape index (κ2) is 8.54. The summed E-state index contributed by atoms with van der Waals surface area (Å²) in [6, 6.07) is 13.6. The number of thioether (sulfide) groups is 1. The van der Waals surface area contributed by atoms with Crippen LogP contribution in [0.1, 0.15) is 48.2 Å². The molecule has 0 amide bonds. The maximum atomic E-state index is 13.1. The zero-order valence-electron chi connectivity index (χ0n) is 18.4. The molecule has 1 aliphatic rings. The molecule has 0 atom stereocenters. The van der Waals surface area contributed by atoms with Crippen molar-refractivity contribution < 1.29 is 4.79 Å². The first-order valence-corrected chi connectivity index (χ1v) is 12.2. The van der Waals surface area contributed by atoms with Crippen LogP contribution in [0.3, 0.4) is 0 Å². The number of rotatable bonds is 7. The minimum atomic E-state index is -0.0492. The molecule has 0 fully saturated rings. The van der Waals surface area contributed by atoms with Crippen LogP contribution < -0.4 is 5.56 Å². The maximum Gasteiger partial charge on any atom is 0.262 e. The molecule has 0 bridgehead atoms. The Morgan fingerprint density at radius 2 is 1.91 bits per heavy atom. The molecule has 1 aliphatic carbocycles. The highest BCUT2D eigenvalue weighted by Gasteiger charge is 2.19. The van der Waals surface area contributed by atoms with E-state index in [1.54, 1.807) is 4.57 Å². The second-order valence-corrected chi connectivity index (χ2v) is 9.77. The lowest BCUT2D eigenvalue weighted by molar-refractivity contribution is 0.102. The molecule has 0 N–H and O–H groups in total. The van der Waals surface area contributed by atoms with Gasteiger partial charge in [0.2, 0.25) is 5.78 Å². The Labute approximate surface area is 190 Å². The maximum absolute atomic E-state index is 13.1. The molecule has 0 aliphatic heterocycles. The fourth-order valence-electron chi connectivity index (χ4n) is 4.37. The van der Waals surface area contributed by atoms with Crippen LogP contribution in [0, 0.1) is 5.92 Å². The highest BCUT2D eigenvalue weighted by molar-refractivity contribution is 7.99. The fraction of sp³-hybridized carbons (Fsp3) is 0.360. The topological polar surface area (TPSA) is 69.3 Å². The number of benzene rings is 2. The molecule has 2 aromatic heterocycles. The molecule has 164 valence electrons. The molecular formula is C25H26N4O2S. The van der Waals surface area contributed by atoms with E-state index in [0.717, 1.165) is 30.3 Å². The minimum absolute atomic E-state index is 0.0492. The third-order valence-corrected chi connectivity index (χ3v) is 7.09. The van der Waals surface area contributed by atoms with E-state index in [4.69, 9.17) is 0 Å². The van der Waals surface area contributed by atoms with Crippen LogP contribution >= 0.6 is 11.8 Å². The van der Waals surface area contributed by atoms with Crippen LogP contribution in [0.4, 0.5) is 0 Å². The van der Waals surface area contributed by atoms with Crippen molar-refractivity contribution in [1.82, 2.24) is 19.2 Å². The second-order valence-electron chi connectivity index (χ2n) is 8.82. The summed E-state index contributed by atoms with van der Waals surface area (Å²) in [4.78, 5) is 26.0. The van der Waals surface area contributed by atoms with E-state index in [1.807, 2.05) is 40.8 Å². The lowest BCUT2D eigenvalue weighted by Crippen LogP contribution is -2.24. The summed E-state index contributed by atoms with van der Waals surface area (Å²) in [5.74, 6) is 1.36. The first-order chi connectivity index (χ1) is 15.5. The highest BCUT2D eigenvalue weighted by atomic mass is 32.2. The molecule has 0 spiro atoms. The molecule has 0 saturated carbocycles. The van der Waals surface area contributed by atoms with Crippen LogP contribution in [0.25, 0.3) is 16.7 Å². The van der Waals surface area contributed by atoms with Crippen molar-refractivity contribution in [1.29, 1.82) is 0 Å². The van der Waals surface area contributed by atoms with Gasteiger partial charge in [-0.3, -0.25) is 18.6 Å². The molecule has 0 radical (unpaired) electrons. The van der Waals surface area contributed by atoms with Crippen LogP contribution in [-0.2, 0) is 19.4 Å². The lowest BCUT2D eigenvalue weighted by atomic mass is 10.0. The zero-order valence-corrected chi connectivity index (χ0v) is 19.2. The van der Waals surface area contributed by atoms with Crippen molar-refractivity contribution in [3.63, 3.8) is 0 Å². The van der Waals surface area contributed by atoms with Gasteiger partial charge in [-0.15, -0.1) is 10.2 Å². The first kappa shape index (κ1) is 20.9. The number of carbonyl (C=O) groups is 1. The smallest absolute Gasteiger partial charge is 0.262 e. The van der Waals surface area contributed by atoms with Crippen molar-refractivity contribution in [2.45, 2.75) is 51.2 Å². The Hall–Kier alpha value is -2.93. The quantitative estimate of drug-likeness (QED) is 0.308. The van der Waals surface area contributed by atoms with Gasteiger partial charge in [0.15, 0.2) is 10.9 Å². The molecule has 4 aromatic rings. The molecular weight excluding hydrogens is 420 g/mol. The Morgan fingerprint density at radius 1 is 1.09 bits per heavy atom. The summed E-state index contributed by atoms with van der Waals surface area (Å²) in [7, 11) is 0. The van der Waals surface area contributed by atoms with Crippen LogP contribution in [-0.4, -0.2) is 30.7 Å². The average Bonchev–Trinajstić information content (AvgIpc) is 3.44. The normalized spacial score (nSPS) is 13.3. The highest BCUT2D eigenvalue weighted by Crippen LogP contribution is 2.26. The van der Waals surface area contributed by atoms with Gasteiger partial charge >= 0.3 is 0 Å². The van der Waals surface area contributed by atoms with Crippen molar-refractivity contribution in [3.8, 4) is 0 Å². The number of ketones is 1. The van der Waals surface area contributed by atoms with E-state index in [9.17, 15) is 9.59 Å². The molecule has 5 rings (SSSR count). The Balaban J connectivity index is 1.49. The van der Waals surface area contributed by atoms with Crippen LogP contribution in [0.15, 0.2) is 52.4 Å². The monoisotopic (exact) mass is 446 g/mol. The summed E-state index contributed by atoms with van der Waals surface area (Å²) >= 11 is 1.37. The predicted molar refractivity (Wildman–Crippen MR) is 128 cm³/mol. The molecule has 6 nitrogen and oxygen atoms in total. The number of hydrogen-bond donors (Lipinski definition) is 0. The van der Waals surface area contributed by atoms with Gasteiger partial charge in [-0.05, 0) is 60.9 Å². The minimum Gasteiger partial charge on any atom is -0.293 e. The molecule has 2 heterocycles. The van der Waals surface area contributed by atoms with E-state index < -0.39 is 0 Å². The van der Waals surface area contributed by atoms with Crippen LogP contribution in [0.2, 0.25) is 0 Å². The van der Waals surface area contributed by atoms with Crippen molar-refractivity contribution in [2.24, 2.45) is 5.92 Å². The van der Waals surface area contributed by atoms with E-state index >= 15 is 0 Å². The number of nitrogens with zero attached hydrogens (tertiary/aromatic N) is 4. The van der Waals surface area contributed by atoms with Crippen molar-refractivity contribution in [3.05, 3.63) is 69.5 Å². The van der Waals surface area contributed by atoms with E-state index in [-0.39, 0.29) is 17.1 Å². The SMILES string of the molecule is CC(C)CCn1c(=O)c2ccccc2n2c(SCC(=O)c3ccc4c(c3)CCC4)nnc12.